The van der Waals surface area contributed by atoms with Gasteiger partial charge in [0.15, 0.2) is 11.0 Å². The number of esters is 1. The molecular formula is C20H19F3N4O2S. The molecule has 0 saturated heterocycles. The molecule has 158 valence electrons. The normalized spacial score (nSPS) is 11.5. The van der Waals surface area contributed by atoms with Crippen molar-refractivity contribution >= 4 is 17.7 Å². The molecule has 0 bridgehead atoms. The van der Waals surface area contributed by atoms with Gasteiger partial charge in [-0.2, -0.15) is 13.2 Å². The van der Waals surface area contributed by atoms with E-state index >= 15 is 0 Å². The Labute approximate surface area is 175 Å². The van der Waals surface area contributed by atoms with Crippen LogP contribution in [0.25, 0.3) is 17.1 Å². The van der Waals surface area contributed by atoms with E-state index in [0.717, 1.165) is 12.1 Å². The number of carbonyl (C=O) groups excluding carboxylic acids is 1. The lowest BCUT2D eigenvalue weighted by Gasteiger charge is -2.13. The van der Waals surface area contributed by atoms with E-state index in [1.54, 1.807) is 42.1 Å². The maximum atomic E-state index is 13.2. The SMILES string of the molecule is CCOC(=O)CCCSc1nnc(-c2ccncc2)n1-c1cccc(C(F)(F)F)c1. The molecule has 0 aliphatic heterocycles. The number of halogens is 3. The maximum Gasteiger partial charge on any atom is 0.416 e. The lowest BCUT2D eigenvalue weighted by molar-refractivity contribution is -0.143. The van der Waals surface area contributed by atoms with E-state index in [-0.39, 0.29) is 12.4 Å². The van der Waals surface area contributed by atoms with Gasteiger partial charge < -0.3 is 4.74 Å². The molecule has 2 aromatic heterocycles. The van der Waals surface area contributed by atoms with Crippen LogP contribution in [0.5, 0.6) is 0 Å². The van der Waals surface area contributed by atoms with Gasteiger partial charge in [-0.1, -0.05) is 17.8 Å². The molecule has 0 radical (unpaired) electrons. The first-order valence-corrected chi connectivity index (χ1v) is 10.2. The minimum atomic E-state index is -4.46. The largest absolute Gasteiger partial charge is 0.466 e. The van der Waals surface area contributed by atoms with Gasteiger partial charge in [0, 0.05) is 30.1 Å². The molecule has 0 atom stereocenters. The second-order valence-corrected chi connectivity index (χ2v) is 7.24. The Morgan fingerprint density at radius 2 is 1.93 bits per heavy atom. The van der Waals surface area contributed by atoms with Gasteiger partial charge in [0.05, 0.1) is 17.9 Å². The third-order valence-corrected chi connectivity index (χ3v) is 5.08. The van der Waals surface area contributed by atoms with Gasteiger partial charge in [0.25, 0.3) is 0 Å². The summed E-state index contributed by atoms with van der Waals surface area (Å²) in [7, 11) is 0. The Morgan fingerprint density at radius 1 is 1.17 bits per heavy atom. The quantitative estimate of drug-likeness (QED) is 0.287. The fraction of sp³-hybridized carbons (Fsp3) is 0.300. The number of carbonyl (C=O) groups is 1. The van der Waals surface area contributed by atoms with Gasteiger partial charge in [0.1, 0.15) is 0 Å². The summed E-state index contributed by atoms with van der Waals surface area (Å²) in [5, 5.41) is 8.80. The Morgan fingerprint density at radius 3 is 2.63 bits per heavy atom. The fourth-order valence-corrected chi connectivity index (χ4v) is 3.61. The van der Waals surface area contributed by atoms with Crippen LogP contribution in [0.3, 0.4) is 0 Å². The first-order chi connectivity index (χ1) is 14.4. The Balaban J connectivity index is 1.91. The Bertz CT molecular complexity index is 993. The molecule has 2 heterocycles. The van der Waals surface area contributed by atoms with Crippen LogP contribution in [0.2, 0.25) is 0 Å². The number of ether oxygens (including phenoxy) is 1. The smallest absolute Gasteiger partial charge is 0.416 e. The Kier molecular flexibility index (Phi) is 7.09. The summed E-state index contributed by atoms with van der Waals surface area (Å²) in [6.07, 6.45) is -0.508. The number of rotatable bonds is 8. The third-order valence-electron chi connectivity index (χ3n) is 4.07. The number of thioether (sulfide) groups is 1. The molecule has 3 aromatic rings. The number of pyridine rings is 1. The lowest BCUT2D eigenvalue weighted by Crippen LogP contribution is -2.07. The summed E-state index contributed by atoms with van der Waals surface area (Å²) in [6.45, 7) is 2.07. The number of benzene rings is 1. The summed E-state index contributed by atoms with van der Waals surface area (Å²) < 4.78 is 46.2. The molecule has 1 aromatic carbocycles. The van der Waals surface area contributed by atoms with Crippen molar-refractivity contribution in [2.45, 2.75) is 31.1 Å². The van der Waals surface area contributed by atoms with Crippen LogP contribution in [-0.4, -0.2) is 38.1 Å². The second-order valence-electron chi connectivity index (χ2n) is 6.18. The van der Waals surface area contributed by atoms with Crippen molar-refractivity contribution < 1.29 is 22.7 Å². The number of hydrogen-bond donors (Lipinski definition) is 0. The van der Waals surface area contributed by atoms with Crippen LogP contribution in [0, 0.1) is 0 Å². The first kappa shape index (κ1) is 21.8. The highest BCUT2D eigenvalue weighted by Gasteiger charge is 2.31. The summed E-state index contributed by atoms with van der Waals surface area (Å²) in [6, 6.07) is 8.44. The molecule has 6 nitrogen and oxygen atoms in total. The van der Waals surface area contributed by atoms with Crippen molar-refractivity contribution in [2.75, 3.05) is 12.4 Å². The summed E-state index contributed by atoms with van der Waals surface area (Å²) in [5.74, 6) is 0.659. The van der Waals surface area contributed by atoms with Crippen molar-refractivity contribution in [1.82, 2.24) is 19.7 Å². The number of nitrogens with zero attached hydrogens (tertiary/aromatic N) is 4. The van der Waals surface area contributed by atoms with Crippen LogP contribution in [-0.2, 0) is 15.7 Å². The van der Waals surface area contributed by atoms with E-state index in [2.05, 4.69) is 15.2 Å². The number of hydrogen-bond acceptors (Lipinski definition) is 6. The average molecular weight is 436 g/mol. The van der Waals surface area contributed by atoms with Gasteiger partial charge in [0.2, 0.25) is 0 Å². The van der Waals surface area contributed by atoms with E-state index in [1.165, 1.54) is 17.8 Å². The first-order valence-electron chi connectivity index (χ1n) is 9.22. The van der Waals surface area contributed by atoms with Gasteiger partial charge >= 0.3 is 12.1 Å². The molecule has 3 rings (SSSR count). The molecule has 0 amide bonds. The second kappa shape index (κ2) is 9.75. The lowest BCUT2D eigenvalue weighted by atomic mass is 10.2. The van der Waals surface area contributed by atoms with Crippen molar-refractivity contribution in [3.8, 4) is 17.1 Å². The minimum absolute atomic E-state index is 0.260. The van der Waals surface area contributed by atoms with E-state index in [9.17, 15) is 18.0 Å². The topological polar surface area (TPSA) is 69.9 Å². The molecule has 0 spiro atoms. The Hall–Kier alpha value is -2.88. The van der Waals surface area contributed by atoms with Crippen molar-refractivity contribution in [3.63, 3.8) is 0 Å². The molecule has 0 fully saturated rings. The highest BCUT2D eigenvalue weighted by molar-refractivity contribution is 7.99. The van der Waals surface area contributed by atoms with Crippen LogP contribution >= 0.6 is 11.8 Å². The van der Waals surface area contributed by atoms with Crippen molar-refractivity contribution in [1.29, 1.82) is 0 Å². The highest BCUT2D eigenvalue weighted by atomic mass is 32.2. The summed E-state index contributed by atoms with van der Waals surface area (Å²) in [5.41, 5.74) is 0.218. The van der Waals surface area contributed by atoms with E-state index in [4.69, 9.17) is 4.74 Å². The molecular weight excluding hydrogens is 417 g/mol. The van der Waals surface area contributed by atoms with E-state index in [0.29, 0.717) is 41.0 Å². The predicted octanol–water partition coefficient (Wildman–Crippen LogP) is 4.78. The molecule has 0 aliphatic rings. The zero-order valence-corrected chi connectivity index (χ0v) is 16.9. The van der Waals surface area contributed by atoms with E-state index < -0.39 is 11.7 Å². The van der Waals surface area contributed by atoms with Crippen LogP contribution in [0.1, 0.15) is 25.3 Å². The van der Waals surface area contributed by atoms with Crippen molar-refractivity contribution in [2.24, 2.45) is 0 Å². The number of alkyl halides is 3. The van der Waals surface area contributed by atoms with Crippen LogP contribution in [0.15, 0.2) is 53.9 Å². The van der Waals surface area contributed by atoms with E-state index in [1.807, 2.05) is 0 Å². The molecule has 0 N–H and O–H groups in total. The van der Waals surface area contributed by atoms with Gasteiger partial charge in [-0.25, -0.2) is 0 Å². The maximum absolute atomic E-state index is 13.2. The molecule has 0 unspecified atom stereocenters. The average Bonchev–Trinajstić information content (AvgIpc) is 3.15. The molecule has 0 aliphatic carbocycles. The zero-order valence-electron chi connectivity index (χ0n) is 16.1. The molecule has 10 heteroatoms. The highest BCUT2D eigenvalue weighted by Crippen LogP contribution is 2.33. The van der Waals surface area contributed by atoms with Gasteiger partial charge in [-0.05, 0) is 43.7 Å². The molecule has 30 heavy (non-hydrogen) atoms. The van der Waals surface area contributed by atoms with Crippen LogP contribution in [0.4, 0.5) is 13.2 Å². The zero-order chi connectivity index (χ0) is 21.6. The predicted molar refractivity (Wildman–Crippen MR) is 106 cm³/mol. The monoisotopic (exact) mass is 436 g/mol. The standard InChI is InChI=1S/C20H19F3N4O2S/c1-2-29-17(28)7-4-12-30-19-26-25-18(14-8-10-24-11-9-14)27(19)16-6-3-5-15(13-16)20(21,22)23/h3,5-6,8-11,13H,2,4,7,12H2,1H3. The van der Waals surface area contributed by atoms with Crippen molar-refractivity contribution in [3.05, 3.63) is 54.4 Å². The number of aromatic nitrogens is 4. The summed E-state index contributed by atoms with van der Waals surface area (Å²) in [4.78, 5) is 15.4. The van der Waals surface area contributed by atoms with Crippen LogP contribution < -0.4 is 0 Å². The summed E-state index contributed by atoms with van der Waals surface area (Å²) >= 11 is 1.32. The minimum Gasteiger partial charge on any atom is -0.466 e. The van der Waals surface area contributed by atoms with Gasteiger partial charge in [-0.3, -0.25) is 14.3 Å². The van der Waals surface area contributed by atoms with Gasteiger partial charge in [-0.15, -0.1) is 10.2 Å². The third kappa shape index (κ3) is 5.38. The fourth-order valence-electron chi connectivity index (χ4n) is 2.72. The molecule has 0 saturated carbocycles.